The van der Waals surface area contributed by atoms with E-state index in [1.165, 1.54) is 0 Å². The summed E-state index contributed by atoms with van der Waals surface area (Å²) in [6.45, 7) is 10.1. The minimum Gasteiger partial charge on any atom is -0.492 e. The molecule has 0 saturated carbocycles. The molecular formula is C23H30N2O3. The van der Waals surface area contributed by atoms with Crippen LogP contribution in [0.2, 0.25) is 0 Å². The Kier molecular flexibility index (Phi) is 7.21. The summed E-state index contributed by atoms with van der Waals surface area (Å²) in [6.07, 6.45) is 0. The zero-order chi connectivity index (χ0) is 20.7. The van der Waals surface area contributed by atoms with Gasteiger partial charge in [0.05, 0.1) is 12.3 Å². The van der Waals surface area contributed by atoms with Crippen molar-refractivity contribution >= 4 is 17.5 Å². The monoisotopic (exact) mass is 382 g/mol. The van der Waals surface area contributed by atoms with E-state index in [1.807, 2.05) is 63.2 Å². The highest BCUT2D eigenvalue weighted by atomic mass is 16.5. The van der Waals surface area contributed by atoms with E-state index in [1.54, 1.807) is 30.9 Å². The fraction of sp³-hybridized carbons (Fsp3) is 0.391. The van der Waals surface area contributed by atoms with Crippen molar-refractivity contribution in [3.8, 4) is 5.75 Å². The smallest absolute Gasteiger partial charge is 0.239 e. The van der Waals surface area contributed by atoms with E-state index >= 15 is 0 Å². The first kappa shape index (κ1) is 21.5. The summed E-state index contributed by atoms with van der Waals surface area (Å²) in [5.74, 6) is 0.0210. The predicted molar refractivity (Wildman–Crippen MR) is 112 cm³/mol. The van der Waals surface area contributed by atoms with Gasteiger partial charge in [0.2, 0.25) is 11.8 Å². The van der Waals surface area contributed by atoms with Crippen LogP contribution >= 0.6 is 0 Å². The molecule has 0 aliphatic carbocycles. The molecule has 2 aromatic rings. The number of carbonyl (C=O) groups is 2. The zero-order valence-corrected chi connectivity index (χ0v) is 17.4. The molecule has 0 spiro atoms. The fourth-order valence-corrected chi connectivity index (χ4v) is 2.85. The molecule has 0 unspecified atom stereocenters. The third kappa shape index (κ3) is 5.12. The lowest BCUT2D eigenvalue weighted by Crippen LogP contribution is -2.49. The van der Waals surface area contributed by atoms with Crippen LogP contribution in [0.15, 0.2) is 54.6 Å². The number of para-hydroxylation sites is 2. The van der Waals surface area contributed by atoms with E-state index in [9.17, 15) is 9.59 Å². The molecule has 0 radical (unpaired) electrons. The summed E-state index contributed by atoms with van der Waals surface area (Å²) in [7, 11) is 0. The van der Waals surface area contributed by atoms with E-state index in [0.717, 1.165) is 5.56 Å². The van der Waals surface area contributed by atoms with Crippen molar-refractivity contribution in [1.82, 2.24) is 4.90 Å². The van der Waals surface area contributed by atoms with Gasteiger partial charge >= 0.3 is 0 Å². The number of nitrogens with one attached hydrogen (secondary N) is 1. The molecule has 2 amide bonds. The highest BCUT2D eigenvalue weighted by Gasteiger charge is 2.40. The van der Waals surface area contributed by atoms with Gasteiger partial charge in [0, 0.05) is 12.6 Å². The average molecular weight is 383 g/mol. The Morgan fingerprint density at radius 1 is 1.04 bits per heavy atom. The molecule has 0 aliphatic rings. The van der Waals surface area contributed by atoms with Gasteiger partial charge in [-0.3, -0.25) is 9.59 Å². The second-order valence-electron chi connectivity index (χ2n) is 7.52. The van der Waals surface area contributed by atoms with Crippen molar-refractivity contribution in [1.29, 1.82) is 0 Å². The Morgan fingerprint density at radius 3 is 2.25 bits per heavy atom. The molecule has 0 heterocycles. The zero-order valence-electron chi connectivity index (χ0n) is 17.4. The van der Waals surface area contributed by atoms with Gasteiger partial charge in [0.15, 0.2) is 0 Å². The van der Waals surface area contributed by atoms with E-state index in [-0.39, 0.29) is 17.9 Å². The molecular weight excluding hydrogens is 352 g/mol. The molecule has 5 heteroatoms. The van der Waals surface area contributed by atoms with Gasteiger partial charge in [-0.1, -0.05) is 42.5 Å². The normalized spacial score (nSPS) is 11.2. The van der Waals surface area contributed by atoms with Crippen LogP contribution in [0.25, 0.3) is 0 Å². The van der Waals surface area contributed by atoms with Gasteiger partial charge in [-0.05, 0) is 52.3 Å². The van der Waals surface area contributed by atoms with Gasteiger partial charge in [0.25, 0.3) is 0 Å². The van der Waals surface area contributed by atoms with Crippen LogP contribution in [0, 0.1) is 5.41 Å². The first-order valence-corrected chi connectivity index (χ1v) is 9.65. The van der Waals surface area contributed by atoms with Crippen molar-refractivity contribution < 1.29 is 14.3 Å². The van der Waals surface area contributed by atoms with Gasteiger partial charge in [0.1, 0.15) is 11.2 Å². The number of nitrogens with zero attached hydrogens (tertiary/aromatic N) is 1. The standard InChI is InChI=1S/C23H30N2O3/c1-6-28-20-15-11-10-14-19(20)24-21(26)23(4,5)22(27)25(17(2)3)16-18-12-8-7-9-13-18/h7-15,17H,6,16H2,1-5H3,(H,24,26). The molecule has 2 rings (SSSR count). The summed E-state index contributed by atoms with van der Waals surface area (Å²) in [5.41, 5.74) is 0.370. The highest BCUT2D eigenvalue weighted by molar-refractivity contribution is 6.10. The summed E-state index contributed by atoms with van der Waals surface area (Å²) >= 11 is 0. The highest BCUT2D eigenvalue weighted by Crippen LogP contribution is 2.28. The summed E-state index contributed by atoms with van der Waals surface area (Å²) in [6, 6.07) is 17.0. The van der Waals surface area contributed by atoms with Crippen LogP contribution < -0.4 is 10.1 Å². The molecule has 0 fully saturated rings. The quantitative estimate of drug-likeness (QED) is 0.685. The van der Waals surface area contributed by atoms with Crippen LogP contribution in [0.3, 0.4) is 0 Å². The number of benzene rings is 2. The lowest BCUT2D eigenvalue weighted by Gasteiger charge is -2.34. The minimum atomic E-state index is -1.22. The minimum absolute atomic E-state index is 0.0320. The van der Waals surface area contributed by atoms with Crippen LogP contribution in [0.1, 0.15) is 40.2 Å². The second kappa shape index (κ2) is 9.40. The van der Waals surface area contributed by atoms with E-state index in [0.29, 0.717) is 24.6 Å². The Bertz CT molecular complexity index is 801. The van der Waals surface area contributed by atoms with Crippen LogP contribution in [-0.2, 0) is 16.1 Å². The van der Waals surface area contributed by atoms with Crippen molar-refractivity contribution in [2.24, 2.45) is 5.41 Å². The molecule has 0 aromatic heterocycles. The SMILES string of the molecule is CCOc1ccccc1NC(=O)C(C)(C)C(=O)N(Cc1ccccc1)C(C)C. The second-order valence-corrected chi connectivity index (χ2v) is 7.52. The Hall–Kier alpha value is -2.82. The summed E-state index contributed by atoms with van der Waals surface area (Å²) < 4.78 is 5.57. The van der Waals surface area contributed by atoms with E-state index < -0.39 is 5.41 Å². The van der Waals surface area contributed by atoms with Crippen LogP contribution in [-0.4, -0.2) is 29.4 Å². The largest absolute Gasteiger partial charge is 0.492 e. The lowest BCUT2D eigenvalue weighted by molar-refractivity contribution is -0.148. The molecule has 5 nitrogen and oxygen atoms in total. The van der Waals surface area contributed by atoms with E-state index in [2.05, 4.69) is 5.32 Å². The lowest BCUT2D eigenvalue weighted by atomic mass is 9.89. The van der Waals surface area contributed by atoms with E-state index in [4.69, 9.17) is 4.74 Å². The van der Waals surface area contributed by atoms with Gasteiger partial charge in [-0.25, -0.2) is 0 Å². The van der Waals surface area contributed by atoms with Gasteiger partial charge in [-0.15, -0.1) is 0 Å². The first-order chi connectivity index (χ1) is 13.3. The van der Waals surface area contributed by atoms with Gasteiger partial charge in [-0.2, -0.15) is 0 Å². The Balaban J connectivity index is 2.20. The maximum absolute atomic E-state index is 13.3. The number of anilines is 1. The van der Waals surface area contributed by atoms with Crippen molar-refractivity contribution in [2.45, 2.75) is 47.2 Å². The maximum Gasteiger partial charge on any atom is 0.239 e. The number of hydrogen-bond donors (Lipinski definition) is 1. The number of ether oxygens (including phenoxy) is 1. The van der Waals surface area contributed by atoms with Crippen molar-refractivity contribution in [2.75, 3.05) is 11.9 Å². The summed E-state index contributed by atoms with van der Waals surface area (Å²) in [5, 5.41) is 2.86. The molecule has 150 valence electrons. The molecule has 0 bridgehead atoms. The van der Waals surface area contributed by atoms with Crippen molar-refractivity contribution in [3.05, 3.63) is 60.2 Å². The maximum atomic E-state index is 13.3. The predicted octanol–water partition coefficient (Wildman–Crippen LogP) is 4.49. The van der Waals surface area contributed by atoms with Gasteiger partial charge < -0.3 is 15.0 Å². The first-order valence-electron chi connectivity index (χ1n) is 9.65. The summed E-state index contributed by atoms with van der Waals surface area (Å²) in [4.78, 5) is 28.0. The Morgan fingerprint density at radius 2 is 1.64 bits per heavy atom. The molecule has 2 aromatic carbocycles. The van der Waals surface area contributed by atoms with Crippen LogP contribution in [0.4, 0.5) is 5.69 Å². The molecule has 0 saturated heterocycles. The third-order valence-electron chi connectivity index (χ3n) is 4.62. The van der Waals surface area contributed by atoms with Crippen LogP contribution in [0.5, 0.6) is 5.75 Å². The number of rotatable bonds is 8. The van der Waals surface area contributed by atoms with Crippen molar-refractivity contribution in [3.63, 3.8) is 0 Å². The topological polar surface area (TPSA) is 58.6 Å². The fourth-order valence-electron chi connectivity index (χ4n) is 2.85. The third-order valence-corrected chi connectivity index (χ3v) is 4.62. The Labute approximate surface area is 167 Å². The number of hydrogen-bond acceptors (Lipinski definition) is 3. The average Bonchev–Trinajstić information content (AvgIpc) is 2.67. The molecule has 0 atom stereocenters. The number of carbonyl (C=O) groups excluding carboxylic acids is 2. The molecule has 0 aliphatic heterocycles. The number of amides is 2. The molecule has 1 N–H and O–H groups in total. The molecule has 28 heavy (non-hydrogen) atoms.